The van der Waals surface area contributed by atoms with Gasteiger partial charge in [-0.05, 0) is 40.0 Å². The minimum atomic E-state index is -1.06. The van der Waals surface area contributed by atoms with E-state index in [9.17, 15) is 19.5 Å². The molecule has 0 heterocycles. The van der Waals surface area contributed by atoms with Crippen molar-refractivity contribution in [1.82, 2.24) is 10.2 Å². The van der Waals surface area contributed by atoms with Crippen molar-refractivity contribution < 1.29 is 24.2 Å². The largest absolute Gasteiger partial charge is 0.480 e. The van der Waals surface area contributed by atoms with E-state index in [-0.39, 0.29) is 5.92 Å². The number of alkyl carbamates (subject to hydrolysis) is 1. The molecule has 0 saturated heterocycles. The van der Waals surface area contributed by atoms with Gasteiger partial charge in [0.25, 0.3) is 0 Å². The second-order valence-corrected chi connectivity index (χ2v) is 6.80. The third kappa shape index (κ3) is 7.28. The van der Waals surface area contributed by atoms with E-state index in [1.165, 1.54) is 14.0 Å². The van der Waals surface area contributed by atoms with Crippen molar-refractivity contribution in [3.63, 3.8) is 0 Å². The first-order valence-corrected chi connectivity index (χ1v) is 7.34. The number of nitrogens with zero attached hydrogens (tertiary/aromatic N) is 1. The summed E-state index contributed by atoms with van der Waals surface area (Å²) in [5, 5.41) is 11.7. The molecule has 0 radical (unpaired) electrons. The number of amides is 2. The van der Waals surface area contributed by atoms with Crippen molar-refractivity contribution in [2.45, 2.75) is 65.6 Å². The summed E-state index contributed by atoms with van der Waals surface area (Å²) >= 11 is 0. The van der Waals surface area contributed by atoms with Gasteiger partial charge in [0.15, 0.2) is 0 Å². The van der Waals surface area contributed by atoms with Gasteiger partial charge in [0.05, 0.1) is 0 Å². The van der Waals surface area contributed by atoms with E-state index in [4.69, 9.17) is 4.74 Å². The molecule has 0 aliphatic rings. The molecule has 2 unspecified atom stereocenters. The lowest BCUT2D eigenvalue weighted by atomic mass is 10.0. The molecule has 7 heteroatoms. The molecule has 0 saturated carbocycles. The van der Waals surface area contributed by atoms with Crippen LogP contribution in [0.3, 0.4) is 0 Å². The van der Waals surface area contributed by atoms with Crippen LogP contribution in [0.1, 0.15) is 48.0 Å². The smallest absolute Gasteiger partial charge is 0.408 e. The molecule has 0 aliphatic carbocycles. The van der Waals surface area contributed by atoms with Crippen molar-refractivity contribution in [1.29, 1.82) is 0 Å². The van der Waals surface area contributed by atoms with E-state index in [0.29, 0.717) is 6.42 Å². The zero-order chi connectivity index (χ0) is 17.7. The minimum Gasteiger partial charge on any atom is -0.480 e. The molecule has 2 N–H and O–H groups in total. The Bertz CT molecular complexity index is 415. The first-order valence-electron chi connectivity index (χ1n) is 7.34. The number of carboxylic acids is 1. The number of carbonyl (C=O) groups excluding carboxylic acids is 2. The maximum absolute atomic E-state index is 12.3. The van der Waals surface area contributed by atoms with Gasteiger partial charge in [0.1, 0.15) is 17.7 Å². The van der Waals surface area contributed by atoms with Crippen LogP contribution in [0.5, 0.6) is 0 Å². The number of carboxylic acid groups (broad SMARTS) is 1. The maximum atomic E-state index is 12.3. The molecule has 128 valence electrons. The highest BCUT2D eigenvalue weighted by molar-refractivity contribution is 5.88. The quantitative estimate of drug-likeness (QED) is 0.779. The van der Waals surface area contributed by atoms with E-state index >= 15 is 0 Å². The zero-order valence-electron chi connectivity index (χ0n) is 14.5. The van der Waals surface area contributed by atoms with Crippen LogP contribution in [0.15, 0.2) is 0 Å². The maximum Gasteiger partial charge on any atom is 0.408 e. The lowest BCUT2D eigenvalue weighted by Gasteiger charge is -2.29. The van der Waals surface area contributed by atoms with Gasteiger partial charge in [0.2, 0.25) is 5.91 Å². The van der Waals surface area contributed by atoms with Crippen LogP contribution in [0, 0.1) is 5.92 Å². The van der Waals surface area contributed by atoms with Crippen LogP contribution >= 0.6 is 0 Å². The monoisotopic (exact) mass is 316 g/mol. The highest BCUT2D eigenvalue weighted by Gasteiger charge is 2.31. The van der Waals surface area contributed by atoms with Crippen LogP contribution in [-0.2, 0) is 14.3 Å². The molecule has 0 aromatic carbocycles. The van der Waals surface area contributed by atoms with Crippen LogP contribution < -0.4 is 5.32 Å². The van der Waals surface area contributed by atoms with E-state index in [1.54, 1.807) is 20.8 Å². The Labute approximate surface area is 132 Å². The number of carbonyl (C=O) groups is 3. The lowest BCUT2D eigenvalue weighted by molar-refractivity contribution is -0.150. The van der Waals surface area contributed by atoms with Crippen LogP contribution in [0.25, 0.3) is 0 Å². The van der Waals surface area contributed by atoms with Crippen molar-refractivity contribution in [3.8, 4) is 0 Å². The molecular weight excluding hydrogens is 288 g/mol. The van der Waals surface area contributed by atoms with E-state index < -0.39 is 35.7 Å². The molecule has 0 aromatic heterocycles. The second kappa shape index (κ2) is 8.00. The number of nitrogens with one attached hydrogen (secondary N) is 1. The summed E-state index contributed by atoms with van der Waals surface area (Å²) in [6, 6.07) is -1.79. The summed E-state index contributed by atoms with van der Waals surface area (Å²) < 4.78 is 5.07. The average molecular weight is 316 g/mol. The molecular formula is C15H28N2O5. The molecule has 2 atom stereocenters. The topological polar surface area (TPSA) is 95.9 Å². The molecule has 2 amide bonds. The first kappa shape index (κ1) is 20.2. The molecule has 0 bridgehead atoms. The minimum absolute atomic E-state index is 0.130. The van der Waals surface area contributed by atoms with Crippen molar-refractivity contribution in [2.75, 3.05) is 7.05 Å². The highest BCUT2D eigenvalue weighted by atomic mass is 16.6. The van der Waals surface area contributed by atoms with Crippen LogP contribution in [-0.4, -0.2) is 52.7 Å². The molecule has 0 spiro atoms. The van der Waals surface area contributed by atoms with E-state index in [2.05, 4.69) is 5.32 Å². The highest BCUT2D eigenvalue weighted by Crippen LogP contribution is 2.12. The Morgan fingerprint density at radius 2 is 1.68 bits per heavy atom. The number of ether oxygens (including phenoxy) is 1. The third-order valence-corrected chi connectivity index (χ3v) is 2.90. The lowest BCUT2D eigenvalue weighted by Crippen LogP contribution is -2.52. The van der Waals surface area contributed by atoms with Gasteiger partial charge in [-0.2, -0.15) is 0 Å². The fourth-order valence-electron chi connectivity index (χ4n) is 1.88. The van der Waals surface area contributed by atoms with Gasteiger partial charge in [-0.1, -0.05) is 13.8 Å². The normalized spacial score (nSPS) is 14.2. The summed E-state index contributed by atoms with van der Waals surface area (Å²) in [7, 11) is 1.43. The molecule has 22 heavy (non-hydrogen) atoms. The Morgan fingerprint density at radius 3 is 2.05 bits per heavy atom. The van der Waals surface area contributed by atoms with E-state index in [0.717, 1.165) is 4.90 Å². The van der Waals surface area contributed by atoms with Crippen molar-refractivity contribution in [2.24, 2.45) is 5.92 Å². The number of aliphatic carboxylic acids is 1. The SMILES string of the molecule is CC(C)CC(C(=O)O)N(C)C(=O)C(C)NC(=O)OC(C)(C)C. The van der Waals surface area contributed by atoms with Gasteiger partial charge in [-0.15, -0.1) is 0 Å². The fraction of sp³-hybridized carbons (Fsp3) is 0.800. The van der Waals surface area contributed by atoms with Gasteiger partial charge < -0.3 is 20.1 Å². The Morgan fingerprint density at radius 1 is 1.18 bits per heavy atom. The summed E-state index contributed by atoms with van der Waals surface area (Å²) in [4.78, 5) is 36.4. The van der Waals surface area contributed by atoms with Gasteiger partial charge in [-0.25, -0.2) is 9.59 Å². The molecule has 0 rings (SSSR count). The van der Waals surface area contributed by atoms with E-state index in [1.807, 2.05) is 13.8 Å². The second-order valence-electron chi connectivity index (χ2n) is 6.80. The first-order chi connectivity index (χ1) is 9.85. The Kier molecular flexibility index (Phi) is 7.35. The Balaban J connectivity index is 4.78. The predicted octanol–water partition coefficient (Wildman–Crippen LogP) is 1.86. The average Bonchev–Trinajstić information content (AvgIpc) is 2.30. The van der Waals surface area contributed by atoms with Crippen LogP contribution in [0.2, 0.25) is 0 Å². The Hall–Kier alpha value is -1.79. The fourth-order valence-corrected chi connectivity index (χ4v) is 1.88. The number of rotatable bonds is 6. The number of likely N-dealkylation sites (N-methyl/N-ethyl adjacent to an activating group) is 1. The predicted molar refractivity (Wildman–Crippen MR) is 82.5 cm³/mol. The molecule has 0 fully saturated rings. The molecule has 0 aromatic rings. The van der Waals surface area contributed by atoms with Gasteiger partial charge in [0, 0.05) is 7.05 Å². The third-order valence-electron chi connectivity index (χ3n) is 2.90. The summed E-state index contributed by atoms with van der Waals surface area (Å²) in [5.74, 6) is -1.40. The number of hydrogen-bond acceptors (Lipinski definition) is 4. The van der Waals surface area contributed by atoms with Crippen LogP contribution in [0.4, 0.5) is 4.79 Å². The molecule has 0 aliphatic heterocycles. The standard InChI is InChI=1S/C15H28N2O5/c1-9(2)8-11(13(19)20)17(7)12(18)10(3)16-14(21)22-15(4,5)6/h9-11H,8H2,1-7H3,(H,16,21)(H,19,20). The molecule has 7 nitrogen and oxygen atoms in total. The zero-order valence-corrected chi connectivity index (χ0v) is 14.5. The van der Waals surface area contributed by atoms with Crippen molar-refractivity contribution in [3.05, 3.63) is 0 Å². The van der Waals surface area contributed by atoms with Gasteiger partial charge >= 0.3 is 12.1 Å². The van der Waals surface area contributed by atoms with Crippen molar-refractivity contribution >= 4 is 18.0 Å². The summed E-state index contributed by atoms with van der Waals surface area (Å²) in [5.41, 5.74) is -0.667. The van der Waals surface area contributed by atoms with Gasteiger partial charge in [-0.3, -0.25) is 4.79 Å². The summed E-state index contributed by atoms with van der Waals surface area (Å²) in [6.45, 7) is 10.4. The number of hydrogen-bond donors (Lipinski definition) is 2. The summed E-state index contributed by atoms with van der Waals surface area (Å²) in [6.07, 6.45) is -0.367.